The van der Waals surface area contributed by atoms with E-state index in [1.807, 2.05) is 60.7 Å². The molecule has 1 saturated carbocycles. The number of carbonyl (C=O) groups excluding carboxylic acids is 2. The Balaban J connectivity index is 1.38. The molecule has 0 spiro atoms. The van der Waals surface area contributed by atoms with Gasteiger partial charge in [-0.1, -0.05) is 56.1 Å². The number of amides is 2. The minimum Gasteiger partial charge on any atom is -0.350 e. The number of carbonyl (C=O) groups is 2. The van der Waals surface area contributed by atoms with Crippen molar-refractivity contribution in [1.82, 2.24) is 10.6 Å². The van der Waals surface area contributed by atoms with E-state index in [0.29, 0.717) is 0 Å². The lowest BCUT2D eigenvalue weighted by Crippen LogP contribution is -2.43. The van der Waals surface area contributed by atoms with Crippen LogP contribution >= 0.6 is 31.9 Å². The summed E-state index contributed by atoms with van der Waals surface area (Å²) in [4.78, 5) is 24.3. The van der Waals surface area contributed by atoms with Crippen LogP contribution in [0.5, 0.6) is 0 Å². The lowest BCUT2D eigenvalue weighted by atomic mass is 9.91. The highest BCUT2D eigenvalue weighted by Crippen LogP contribution is 2.19. The number of nitrogens with one attached hydrogen (secondary N) is 2. The van der Waals surface area contributed by atoms with Gasteiger partial charge in [0.05, 0.1) is 0 Å². The van der Waals surface area contributed by atoms with Crippen LogP contribution in [0.1, 0.15) is 36.8 Å². The van der Waals surface area contributed by atoms with Crippen molar-refractivity contribution in [2.75, 3.05) is 0 Å². The maximum Gasteiger partial charge on any atom is 0.244 e. The number of halogens is 2. The summed E-state index contributed by atoms with van der Waals surface area (Å²) in [6.45, 7) is 0. The summed E-state index contributed by atoms with van der Waals surface area (Å²) in [5.41, 5.74) is 1.96. The fourth-order valence-electron chi connectivity index (χ4n) is 3.37. The zero-order valence-electron chi connectivity index (χ0n) is 16.5. The SMILES string of the molecule is O=C(C=Cc1ccc(Br)cc1)NC1CCC(NC(=O)C=Cc2ccc(Br)cc2)CC1. The van der Waals surface area contributed by atoms with Gasteiger partial charge in [-0.25, -0.2) is 0 Å². The van der Waals surface area contributed by atoms with E-state index in [9.17, 15) is 9.59 Å². The molecule has 0 aliphatic heterocycles. The lowest BCUT2D eigenvalue weighted by Gasteiger charge is -2.29. The first-order chi connectivity index (χ1) is 14.5. The minimum atomic E-state index is -0.0807. The van der Waals surface area contributed by atoms with E-state index in [2.05, 4.69) is 42.5 Å². The summed E-state index contributed by atoms with van der Waals surface area (Å²) < 4.78 is 2.02. The topological polar surface area (TPSA) is 58.2 Å². The second-order valence-electron chi connectivity index (χ2n) is 7.34. The molecule has 2 amide bonds. The van der Waals surface area contributed by atoms with Gasteiger partial charge in [0.25, 0.3) is 0 Å². The first kappa shape index (κ1) is 22.5. The first-order valence-corrected chi connectivity index (χ1v) is 11.5. The molecule has 1 aliphatic carbocycles. The summed E-state index contributed by atoms with van der Waals surface area (Å²) >= 11 is 6.80. The van der Waals surface area contributed by atoms with Gasteiger partial charge in [-0.2, -0.15) is 0 Å². The van der Waals surface area contributed by atoms with E-state index in [4.69, 9.17) is 0 Å². The summed E-state index contributed by atoms with van der Waals surface area (Å²) in [5, 5.41) is 6.12. The van der Waals surface area contributed by atoms with Gasteiger partial charge in [-0.05, 0) is 73.2 Å². The van der Waals surface area contributed by atoms with Gasteiger partial charge in [0.1, 0.15) is 0 Å². The van der Waals surface area contributed by atoms with Crippen molar-refractivity contribution >= 4 is 55.8 Å². The Morgan fingerprint density at radius 3 is 1.33 bits per heavy atom. The highest BCUT2D eigenvalue weighted by Gasteiger charge is 2.22. The molecule has 2 aromatic rings. The summed E-state index contributed by atoms with van der Waals surface area (Å²) in [5.74, 6) is -0.161. The van der Waals surface area contributed by atoms with Crippen LogP contribution in [-0.2, 0) is 9.59 Å². The van der Waals surface area contributed by atoms with Crippen molar-refractivity contribution in [2.45, 2.75) is 37.8 Å². The fraction of sp³-hybridized carbons (Fsp3) is 0.250. The van der Waals surface area contributed by atoms with Crippen LogP contribution in [0.15, 0.2) is 69.6 Å². The standard InChI is InChI=1S/C24H24Br2N2O2/c25-19-7-1-17(2-8-19)5-15-23(29)27-21-11-13-22(14-12-21)28-24(30)16-6-18-3-9-20(26)10-4-18/h1-10,15-16,21-22H,11-14H2,(H,27,29)(H,28,30). The Morgan fingerprint density at radius 2 is 1.00 bits per heavy atom. The molecule has 1 fully saturated rings. The summed E-state index contributed by atoms with van der Waals surface area (Å²) in [7, 11) is 0. The van der Waals surface area contributed by atoms with Crippen molar-refractivity contribution in [1.29, 1.82) is 0 Å². The molecule has 0 heterocycles. The zero-order chi connectivity index (χ0) is 21.3. The lowest BCUT2D eigenvalue weighted by molar-refractivity contribution is -0.118. The molecule has 0 bridgehead atoms. The van der Waals surface area contributed by atoms with E-state index in [-0.39, 0.29) is 23.9 Å². The molecule has 0 saturated heterocycles. The van der Waals surface area contributed by atoms with Crippen molar-refractivity contribution < 1.29 is 9.59 Å². The van der Waals surface area contributed by atoms with Crippen LogP contribution in [0, 0.1) is 0 Å². The Morgan fingerprint density at radius 1 is 0.667 bits per heavy atom. The predicted octanol–water partition coefficient (Wildman–Crippen LogP) is 5.48. The predicted molar refractivity (Wildman–Crippen MR) is 129 cm³/mol. The van der Waals surface area contributed by atoms with Gasteiger partial charge in [0, 0.05) is 33.2 Å². The van der Waals surface area contributed by atoms with E-state index in [1.165, 1.54) is 0 Å². The molecule has 0 atom stereocenters. The third-order valence-electron chi connectivity index (χ3n) is 5.01. The van der Waals surface area contributed by atoms with Crippen molar-refractivity contribution in [3.8, 4) is 0 Å². The highest BCUT2D eigenvalue weighted by atomic mass is 79.9. The largest absolute Gasteiger partial charge is 0.350 e. The van der Waals surface area contributed by atoms with Crippen LogP contribution in [0.25, 0.3) is 12.2 Å². The van der Waals surface area contributed by atoms with Crippen molar-refractivity contribution in [2.24, 2.45) is 0 Å². The van der Waals surface area contributed by atoms with Crippen LogP contribution in [-0.4, -0.2) is 23.9 Å². The summed E-state index contributed by atoms with van der Waals surface area (Å²) in [6, 6.07) is 15.9. The molecule has 3 rings (SSSR count). The Hall–Kier alpha value is -2.18. The van der Waals surface area contributed by atoms with Crippen LogP contribution < -0.4 is 10.6 Å². The van der Waals surface area contributed by atoms with Gasteiger partial charge < -0.3 is 10.6 Å². The third kappa shape index (κ3) is 7.58. The highest BCUT2D eigenvalue weighted by molar-refractivity contribution is 9.10. The van der Waals surface area contributed by atoms with Gasteiger partial charge in [0.2, 0.25) is 11.8 Å². The molecule has 0 unspecified atom stereocenters. The van der Waals surface area contributed by atoms with E-state index in [0.717, 1.165) is 45.8 Å². The van der Waals surface area contributed by atoms with Gasteiger partial charge in [-0.15, -0.1) is 0 Å². The number of hydrogen-bond donors (Lipinski definition) is 2. The number of hydrogen-bond acceptors (Lipinski definition) is 2. The zero-order valence-corrected chi connectivity index (χ0v) is 19.7. The molecule has 0 radical (unpaired) electrons. The molecular formula is C24H24Br2N2O2. The van der Waals surface area contributed by atoms with E-state index >= 15 is 0 Å². The maximum atomic E-state index is 12.2. The Labute approximate surface area is 194 Å². The summed E-state index contributed by atoms with van der Waals surface area (Å²) in [6.07, 6.45) is 10.2. The molecule has 156 valence electrons. The molecule has 30 heavy (non-hydrogen) atoms. The van der Waals surface area contributed by atoms with Crippen LogP contribution in [0.2, 0.25) is 0 Å². The average Bonchev–Trinajstić information content (AvgIpc) is 2.74. The first-order valence-electron chi connectivity index (χ1n) is 9.96. The molecule has 0 aromatic heterocycles. The van der Waals surface area contributed by atoms with Crippen LogP contribution in [0.4, 0.5) is 0 Å². The average molecular weight is 532 g/mol. The van der Waals surface area contributed by atoms with Gasteiger partial charge in [-0.3, -0.25) is 9.59 Å². The maximum absolute atomic E-state index is 12.2. The molecule has 6 heteroatoms. The van der Waals surface area contributed by atoms with Crippen molar-refractivity contribution in [3.63, 3.8) is 0 Å². The quantitative estimate of drug-likeness (QED) is 0.485. The van der Waals surface area contributed by atoms with Gasteiger partial charge >= 0.3 is 0 Å². The fourth-order valence-corrected chi connectivity index (χ4v) is 3.90. The van der Waals surface area contributed by atoms with E-state index in [1.54, 1.807) is 12.2 Å². The molecular weight excluding hydrogens is 508 g/mol. The molecule has 2 N–H and O–H groups in total. The third-order valence-corrected chi connectivity index (χ3v) is 6.07. The van der Waals surface area contributed by atoms with E-state index < -0.39 is 0 Å². The monoisotopic (exact) mass is 530 g/mol. The number of rotatable bonds is 6. The normalized spacial score (nSPS) is 19.1. The molecule has 1 aliphatic rings. The smallest absolute Gasteiger partial charge is 0.244 e. The number of benzene rings is 2. The van der Waals surface area contributed by atoms with Crippen molar-refractivity contribution in [3.05, 3.63) is 80.8 Å². The van der Waals surface area contributed by atoms with Crippen LogP contribution in [0.3, 0.4) is 0 Å². The second-order valence-corrected chi connectivity index (χ2v) is 9.17. The second kappa shape index (κ2) is 11.3. The minimum absolute atomic E-state index is 0.0807. The Kier molecular flexibility index (Phi) is 8.46. The molecule has 2 aromatic carbocycles. The molecule has 4 nitrogen and oxygen atoms in total. The van der Waals surface area contributed by atoms with Gasteiger partial charge in [0.15, 0.2) is 0 Å². The Bertz CT molecular complexity index is 836.